The van der Waals surface area contributed by atoms with E-state index < -0.39 is 0 Å². The lowest BCUT2D eigenvalue weighted by molar-refractivity contribution is 0.242. The molecule has 1 saturated heterocycles. The van der Waals surface area contributed by atoms with Crippen molar-refractivity contribution in [2.75, 3.05) is 20.2 Å². The monoisotopic (exact) mass is 222 g/mol. The highest BCUT2D eigenvalue weighted by Crippen LogP contribution is 2.29. The zero-order valence-corrected chi connectivity index (χ0v) is 10.4. The lowest BCUT2D eigenvalue weighted by Gasteiger charge is -2.36. The van der Waals surface area contributed by atoms with Crippen molar-refractivity contribution < 1.29 is 4.74 Å². The average Bonchev–Trinajstić information content (AvgIpc) is 2.30. The van der Waals surface area contributed by atoms with Crippen LogP contribution in [0.25, 0.3) is 0 Å². The topological polar surface area (TPSA) is 33.3 Å². The van der Waals surface area contributed by atoms with Gasteiger partial charge in [-0.15, -0.1) is 0 Å². The predicted molar refractivity (Wildman–Crippen MR) is 65.9 cm³/mol. The molecule has 0 aromatic heterocycles. The maximum atomic E-state index is 5.21. The largest absolute Gasteiger partial charge is 0.483 e. The highest BCUT2D eigenvalue weighted by atomic mass is 16.5. The molecule has 3 atom stereocenters. The molecule has 0 bridgehead atoms. The van der Waals surface area contributed by atoms with Crippen molar-refractivity contribution in [2.45, 2.75) is 26.3 Å². The van der Waals surface area contributed by atoms with Gasteiger partial charge in [-0.25, -0.2) is 0 Å². The van der Waals surface area contributed by atoms with Gasteiger partial charge in [-0.2, -0.15) is 0 Å². The molecule has 2 aliphatic rings. The molecule has 0 aromatic rings. The average molecular weight is 222 g/mol. The highest BCUT2D eigenvalue weighted by Gasteiger charge is 2.28. The minimum Gasteiger partial charge on any atom is -0.483 e. The van der Waals surface area contributed by atoms with Crippen molar-refractivity contribution in [3.05, 3.63) is 23.6 Å². The van der Waals surface area contributed by atoms with Gasteiger partial charge < -0.3 is 15.4 Å². The van der Waals surface area contributed by atoms with Crippen molar-refractivity contribution in [1.29, 1.82) is 0 Å². The Morgan fingerprint density at radius 2 is 2.12 bits per heavy atom. The summed E-state index contributed by atoms with van der Waals surface area (Å²) in [6.07, 6.45) is 5.54. The van der Waals surface area contributed by atoms with Crippen LogP contribution in [0, 0.1) is 11.8 Å². The van der Waals surface area contributed by atoms with Gasteiger partial charge in [0.2, 0.25) is 0 Å². The maximum Gasteiger partial charge on any atom is 0.186 e. The number of piperidine rings is 1. The Morgan fingerprint density at radius 3 is 2.75 bits per heavy atom. The first kappa shape index (κ1) is 11.5. The first-order chi connectivity index (χ1) is 7.72. The van der Waals surface area contributed by atoms with Gasteiger partial charge in [-0.05, 0) is 43.4 Å². The van der Waals surface area contributed by atoms with Crippen LogP contribution in [0.3, 0.4) is 0 Å². The Labute approximate surface area is 97.9 Å². The summed E-state index contributed by atoms with van der Waals surface area (Å²) in [5, 5.41) is 6.86. The second-order valence-corrected chi connectivity index (χ2v) is 4.84. The second kappa shape index (κ2) is 4.91. The molecular weight excluding hydrogens is 200 g/mol. The number of nitrogens with one attached hydrogen (secondary N) is 2. The number of methoxy groups -OCH3 is 1. The molecule has 0 radical (unpaired) electrons. The van der Waals surface area contributed by atoms with Crippen LogP contribution in [-0.4, -0.2) is 26.2 Å². The molecule has 0 aromatic carbocycles. The van der Waals surface area contributed by atoms with Gasteiger partial charge in [0.25, 0.3) is 0 Å². The van der Waals surface area contributed by atoms with Gasteiger partial charge in [0, 0.05) is 12.6 Å². The molecule has 90 valence electrons. The highest BCUT2D eigenvalue weighted by molar-refractivity contribution is 5.27. The van der Waals surface area contributed by atoms with Crippen LogP contribution in [-0.2, 0) is 4.74 Å². The summed E-state index contributed by atoms with van der Waals surface area (Å²) in [6.45, 7) is 6.83. The van der Waals surface area contributed by atoms with E-state index in [4.69, 9.17) is 4.74 Å². The summed E-state index contributed by atoms with van der Waals surface area (Å²) >= 11 is 0. The number of allylic oxidation sites excluding steroid dienone is 2. The van der Waals surface area contributed by atoms with Crippen LogP contribution in [0.1, 0.15) is 20.3 Å². The van der Waals surface area contributed by atoms with Gasteiger partial charge in [-0.1, -0.05) is 13.0 Å². The summed E-state index contributed by atoms with van der Waals surface area (Å²) in [6, 6.07) is 0.382. The molecule has 3 heteroatoms. The van der Waals surface area contributed by atoms with E-state index in [1.807, 2.05) is 6.08 Å². The molecule has 1 unspecified atom stereocenters. The zero-order valence-electron chi connectivity index (χ0n) is 10.4. The number of hydrogen-bond acceptors (Lipinski definition) is 3. The van der Waals surface area contributed by atoms with E-state index in [-0.39, 0.29) is 0 Å². The van der Waals surface area contributed by atoms with Crippen molar-refractivity contribution in [1.82, 2.24) is 10.6 Å². The molecule has 3 nitrogen and oxygen atoms in total. The smallest absolute Gasteiger partial charge is 0.186 e. The fourth-order valence-corrected chi connectivity index (χ4v) is 2.67. The van der Waals surface area contributed by atoms with Gasteiger partial charge in [0.05, 0.1) is 7.11 Å². The Hall–Kier alpha value is -0.960. The van der Waals surface area contributed by atoms with Gasteiger partial charge in [0.15, 0.2) is 5.88 Å². The van der Waals surface area contributed by atoms with E-state index in [1.54, 1.807) is 7.11 Å². The van der Waals surface area contributed by atoms with Crippen molar-refractivity contribution in [3.63, 3.8) is 0 Å². The predicted octanol–water partition coefficient (Wildman–Crippen LogP) is 1.64. The van der Waals surface area contributed by atoms with E-state index >= 15 is 0 Å². The first-order valence-electron chi connectivity index (χ1n) is 6.15. The fraction of sp³-hybridized carbons (Fsp3) is 0.692. The minimum absolute atomic E-state index is 0.382. The van der Waals surface area contributed by atoms with Crippen LogP contribution >= 0.6 is 0 Å². The molecule has 16 heavy (non-hydrogen) atoms. The van der Waals surface area contributed by atoms with Gasteiger partial charge >= 0.3 is 0 Å². The molecule has 2 heterocycles. The van der Waals surface area contributed by atoms with Crippen LogP contribution in [0.2, 0.25) is 0 Å². The molecular formula is C13H22N2O. The van der Waals surface area contributed by atoms with Crippen LogP contribution in [0.4, 0.5) is 0 Å². The lowest BCUT2D eigenvalue weighted by atomic mass is 9.79. The molecule has 0 saturated carbocycles. The summed E-state index contributed by atoms with van der Waals surface area (Å²) in [7, 11) is 1.70. The molecule has 1 fully saturated rings. The quantitative estimate of drug-likeness (QED) is 0.745. The SMILES string of the molecule is COC1=CC=C([C@@H]2CNCC[C@H]2C)C(C)N1. The summed E-state index contributed by atoms with van der Waals surface area (Å²) in [4.78, 5) is 0. The molecule has 2 N–H and O–H groups in total. The van der Waals surface area contributed by atoms with Gasteiger partial charge in [0.1, 0.15) is 0 Å². The van der Waals surface area contributed by atoms with E-state index in [0.717, 1.165) is 24.9 Å². The Morgan fingerprint density at radius 1 is 1.31 bits per heavy atom. The molecule has 2 aliphatic heterocycles. The third-order valence-electron chi connectivity index (χ3n) is 3.76. The van der Waals surface area contributed by atoms with E-state index in [9.17, 15) is 0 Å². The maximum absolute atomic E-state index is 5.21. The fourth-order valence-electron chi connectivity index (χ4n) is 2.67. The van der Waals surface area contributed by atoms with Crippen LogP contribution in [0.15, 0.2) is 23.6 Å². The normalized spacial score (nSPS) is 34.8. The van der Waals surface area contributed by atoms with E-state index in [2.05, 4.69) is 30.6 Å². The zero-order chi connectivity index (χ0) is 11.5. The molecule has 2 rings (SSSR count). The van der Waals surface area contributed by atoms with Crippen molar-refractivity contribution >= 4 is 0 Å². The molecule has 0 aliphatic carbocycles. The molecule has 0 spiro atoms. The molecule has 0 amide bonds. The number of hydrogen-bond donors (Lipinski definition) is 2. The van der Waals surface area contributed by atoms with E-state index in [0.29, 0.717) is 12.0 Å². The van der Waals surface area contributed by atoms with E-state index in [1.165, 1.54) is 12.0 Å². The standard InChI is InChI=1S/C13H22N2O/c1-9-6-7-14-8-12(9)11-4-5-13(16-3)15-10(11)2/h4-5,9-10,12,14-15H,6-8H2,1-3H3/t9-,10?,12-/m1/s1. The summed E-state index contributed by atoms with van der Waals surface area (Å²) in [5.74, 6) is 2.30. The first-order valence-corrected chi connectivity index (χ1v) is 6.15. The Bertz CT molecular complexity index is 309. The second-order valence-electron chi connectivity index (χ2n) is 4.84. The van der Waals surface area contributed by atoms with Crippen molar-refractivity contribution in [2.24, 2.45) is 11.8 Å². The Kier molecular flexibility index (Phi) is 3.54. The summed E-state index contributed by atoms with van der Waals surface area (Å²) < 4.78 is 5.21. The van der Waals surface area contributed by atoms with Crippen LogP contribution in [0.5, 0.6) is 0 Å². The summed E-state index contributed by atoms with van der Waals surface area (Å²) in [5.41, 5.74) is 1.50. The van der Waals surface area contributed by atoms with Gasteiger partial charge in [-0.3, -0.25) is 0 Å². The van der Waals surface area contributed by atoms with Crippen molar-refractivity contribution in [3.8, 4) is 0 Å². The van der Waals surface area contributed by atoms with Crippen LogP contribution < -0.4 is 10.6 Å². The third-order valence-corrected chi connectivity index (χ3v) is 3.76. The number of rotatable bonds is 2. The minimum atomic E-state index is 0.382. The third kappa shape index (κ3) is 2.24. The lowest BCUT2D eigenvalue weighted by Crippen LogP contribution is -2.42. The number of dihydropyridines is 1. The number of ether oxygens (including phenoxy) is 1. The Balaban J connectivity index is 2.13.